The van der Waals surface area contributed by atoms with Crippen LogP contribution in [0.5, 0.6) is 0 Å². The summed E-state index contributed by atoms with van der Waals surface area (Å²) in [5.74, 6) is -4.22. The average Bonchev–Trinajstić information content (AvgIpc) is 3.16. The number of para-hydroxylation sites is 1. The first-order valence-electron chi connectivity index (χ1n) is 7.76. The second kappa shape index (κ2) is 7.67. The van der Waals surface area contributed by atoms with Gasteiger partial charge in [0.25, 0.3) is 0 Å². The van der Waals surface area contributed by atoms with E-state index in [0.717, 1.165) is 30.0 Å². The van der Waals surface area contributed by atoms with Crippen molar-refractivity contribution in [3.8, 4) is 5.69 Å². The van der Waals surface area contributed by atoms with Crippen molar-refractivity contribution in [3.05, 3.63) is 78.1 Å². The highest BCUT2D eigenvalue weighted by atomic mass is 32.2. The third-order valence-electron chi connectivity index (χ3n) is 3.68. The van der Waals surface area contributed by atoms with E-state index in [-0.39, 0.29) is 12.2 Å². The summed E-state index contributed by atoms with van der Waals surface area (Å²) in [5, 5.41) is 4.18. The Labute approximate surface area is 153 Å². The van der Waals surface area contributed by atoms with Crippen LogP contribution >= 0.6 is 0 Å². The fourth-order valence-corrected chi connectivity index (χ4v) is 2.99. The van der Waals surface area contributed by atoms with Gasteiger partial charge in [0.2, 0.25) is 9.84 Å². The van der Waals surface area contributed by atoms with Crippen molar-refractivity contribution in [2.24, 2.45) is 0 Å². The van der Waals surface area contributed by atoms with Gasteiger partial charge < -0.3 is 4.74 Å². The summed E-state index contributed by atoms with van der Waals surface area (Å²) in [5.41, 5.74) is 1.56. The standard InChI is InChI=1S/C18H14F2N2O4S/c19-18(20)27(24,25)16-8-6-14(7-9-16)17(23)26-12-13-10-21-22(11-13)15-4-2-1-3-5-15/h1-11,18H,12H2. The number of benzene rings is 2. The largest absolute Gasteiger partial charge is 0.457 e. The lowest BCUT2D eigenvalue weighted by atomic mass is 10.2. The summed E-state index contributed by atoms with van der Waals surface area (Å²) < 4.78 is 54.5. The van der Waals surface area contributed by atoms with E-state index in [4.69, 9.17) is 4.74 Å². The Morgan fingerprint density at radius 2 is 1.74 bits per heavy atom. The molecule has 27 heavy (non-hydrogen) atoms. The third kappa shape index (κ3) is 4.20. The minimum atomic E-state index is -4.69. The zero-order valence-electron chi connectivity index (χ0n) is 13.8. The van der Waals surface area contributed by atoms with Crippen molar-refractivity contribution in [2.75, 3.05) is 0 Å². The average molecular weight is 392 g/mol. The molecule has 9 heteroatoms. The van der Waals surface area contributed by atoms with Gasteiger partial charge in [-0.1, -0.05) is 18.2 Å². The summed E-state index contributed by atoms with van der Waals surface area (Å²) in [7, 11) is -4.69. The number of sulfone groups is 1. The lowest BCUT2D eigenvalue weighted by Crippen LogP contribution is -2.12. The molecule has 0 radical (unpaired) electrons. The van der Waals surface area contributed by atoms with E-state index in [1.54, 1.807) is 17.1 Å². The summed E-state index contributed by atoms with van der Waals surface area (Å²) in [6.45, 7) is -0.0389. The van der Waals surface area contributed by atoms with Crippen LogP contribution in [0.25, 0.3) is 5.69 Å². The Morgan fingerprint density at radius 1 is 1.07 bits per heavy atom. The number of nitrogens with zero attached hydrogens (tertiary/aromatic N) is 2. The second-order valence-corrected chi connectivity index (χ2v) is 7.45. The van der Waals surface area contributed by atoms with Gasteiger partial charge >= 0.3 is 11.7 Å². The van der Waals surface area contributed by atoms with Gasteiger partial charge in [-0.05, 0) is 36.4 Å². The molecule has 6 nitrogen and oxygen atoms in total. The molecular weight excluding hydrogens is 378 g/mol. The maximum atomic E-state index is 12.5. The van der Waals surface area contributed by atoms with Crippen LogP contribution in [0.1, 0.15) is 15.9 Å². The predicted molar refractivity (Wildman–Crippen MR) is 92.3 cm³/mol. The van der Waals surface area contributed by atoms with Crippen molar-refractivity contribution in [1.82, 2.24) is 9.78 Å². The summed E-state index contributed by atoms with van der Waals surface area (Å²) in [6.07, 6.45) is 3.26. The lowest BCUT2D eigenvalue weighted by molar-refractivity contribution is 0.0472. The molecule has 0 aliphatic rings. The number of alkyl halides is 2. The van der Waals surface area contributed by atoms with Gasteiger partial charge in [0.15, 0.2) is 0 Å². The SMILES string of the molecule is O=C(OCc1cnn(-c2ccccc2)c1)c1ccc(S(=O)(=O)C(F)F)cc1. The van der Waals surface area contributed by atoms with Crippen LogP contribution in [0.15, 0.2) is 71.9 Å². The van der Waals surface area contributed by atoms with E-state index in [1.807, 2.05) is 30.3 Å². The van der Waals surface area contributed by atoms with Gasteiger partial charge in [0.1, 0.15) is 6.61 Å². The maximum absolute atomic E-state index is 12.5. The molecule has 0 fully saturated rings. The summed E-state index contributed by atoms with van der Waals surface area (Å²) >= 11 is 0. The van der Waals surface area contributed by atoms with Crippen molar-refractivity contribution < 1.29 is 26.7 Å². The molecule has 0 saturated carbocycles. The first kappa shape index (κ1) is 18.7. The van der Waals surface area contributed by atoms with Crippen LogP contribution in [0.4, 0.5) is 8.78 Å². The molecule has 140 valence electrons. The molecular formula is C18H14F2N2O4S. The van der Waals surface area contributed by atoms with E-state index in [0.29, 0.717) is 5.56 Å². The normalized spacial score (nSPS) is 11.5. The van der Waals surface area contributed by atoms with Gasteiger partial charge in [-0.25, -0.2) is 17.9 Å². The molecule has 1 aromatic heterocycles. The molecule has 0 atom stereocenters. The first-order valence-corrected chi connectivity index (χ1v) is 9.31. The number of esters is 1. The number of hydrogen-bond donors (Lipinski definition) is 0. The quantitative estimate of drug-likeness (QED) is 0.602. The van der Waals surface area contributed by atoms with Crippen LogP contribution in [0.2, 0.25) is 0 Å². The summed E-state index contributed by atoms with van der Waals surface area (Å²) in [6, 6.07) is 13.5. The zero-order valence-corrected chi connectivity index (χ0v) is 14.6. The number of carbonyl (C=O) groups is 1. The minimum Gasteiger partial charge on any atom is -0.457 e. The van der Waals surface area contributed by atoms with Gasteiger partial charge in [-0.3, -0.25) is 0 Å². The van der Waals surface area contributed by atoms with Crippen LogP contribution in [-0.2, 0) is 21.2 Å². The molecule has 0 bridgehead atoms. The van der Waals surface area contributed by atoms with Crippen LogP contribution in [0, 0.1) is 0 Å². The predicted octanol–water partition coefficient (Wildman–Crippen LogP) is 3.23. The lowest BCUT2D eigenvalue weighted by Gasteiger charge is -2.05. The Balaban J connectivity index is 1.64. The van der Waals surface area contributed by atoms with Gasteiger partial charge in [-0.15, -0.1) is 0 Å². The fraction of sp³-hybridized carbons (Fsp3) is 0.111. The number of hydrogen-bond acceptors (Lipinski definition) is 5. The second-order valence-electron chi connectivity index (χ2n) is 5.53. The minimum absolute atomic E-state index is 0.0389. The molecule has 2 aromatic carbocycles. The van der Waals surface area contributed by atoms with Gasteiger partial charge in [0.05, 0.1) is 22.3 Å². The molecule has 0 amide bonds. The van der Waals surface area contributed by atoms with Crippen LogP contribution in [-0.4, -0.2) is 29.9 Å². The molecule has 0 saturated heterocycles. The Hall–Kier alpha value is -3.07. The van der Waals surface area contributed by atoms with Gasteiger partial charge in [0, 0.05) is 11.8 Å². The monoisotopic (exact) mass is 392 g/mol. The fourth-order valence-electron chi connectivity index (χ4n) is 2.27. The zero-order chi connectivity index (χ0) is 19.4. The highest BCUT2D eigenvalue weighted by Crippen LogP contribution is 2.19. The summed E-state index contributed by atoms with van der Waals surface area (Å²) in [4.78, 5) is 11.5. The molecule has 0 unspecified atom stereocenters. The molecule has 0 N–H and O–H groups in total. The van der Waals surface area contributed by atoms with Crippen LogP contribution < -0.4 is 0 Å². The smallest absolute Gasteiger partial charge is 0.341 e. The maximum Gasteiger partial charge on any atom is 0.341 e. The van der Waals surface area contributed by atoms with Crippen molar-refractivity contribution in [2.45, 2.75) is 17.3 Å². The van der Waals surface area contributed by atoms with Crippen molar-refractivity contribution in [1.29, 1.82) is 0 Å². The number of carbonyl (C=O) groups excluding carboxylic acids is 1. The Morgan fingerprint density at radius 3 is 2.37 bits per heavy atom. The Bertz CT molecular complexity index is 1030. The topological polar surface area (TPSA) is 78.3 Å². The molecule has 1 heterocycles. The van der Waals surface area contributed by atoms with Crippen LogP contribution in [0.3, 0.4) is 0 Å². The van der Waals surface area contributed by atoms with Gasteiger partial charge in [-0.2, -0.15) is 13.9 Å². The number of ether oxygens (including phenoxy) is 1. The van der Waals surface area contributed by atoms with E-state index < -0.39 is 26.5 Å². The first-order chi connectivity index (χ1) is 12.9. The highest BCUT2D eigenvalue weighted by molar-refractivity contribution is 7.91. The van der Waals surface area contributed by atoms with E-state index >= 15 is 0 Å². The van der Waals surface area contributed by atoms with Crippen molar-refractivity contribution >= 4 is 15.8 Å². The molecule has 3 aromatic rings. The number of aromatic nitrogens is 2. The molecule has 0 aliphatic heterocycles. The van der Waals surface area contributed by atoms with E-state index in [9.17, 15) is 22.0 Å². The molecule has 3 rings (SSSR count). The highest BCUT2D eigenvalue weighted by Gasteiger charge is 2.26. The molecule has 0 spiro atoms. The third-order valence-corrected chi connectivity index (χ3v) is 5.08. The number of halogens is 2. The van der Waals surface area contributed by atoms with Crippen molar-refractivity contribution in [3.63, 3.8) is 0 Å². The molecule has 0 aliphatic carbocycles. The Kier molecular flexibility index (Phi) is 5.31. The van der Waals surface area contributed by atoms with E-state index in [2.05, 4.69) is 5.10 Å². The number of rotatable bonds is 6. The van der Waals surface area contributed by atoms with E-state index in [1.165, 1.54) is 0 Å².